The summed E-state index contributed by atoms with van der Waals surface area (Å²) in [7, 11) is 1.56. The number of carbonyl (C=O) groups is 2. The van der Waals surface area contributed by atoms with Gasteiger partial charge in [0.25, 0.3) is 0 Å². The van der Waals surface area contributed by atoms with E-state index in [9.17, 15) is 9.59 Å². The lowest BCUT2D eigenvalue weighted by Gasteiger charge is -2.12. The standard InChI is InChI=1S/C22H22N2O4S2/c1-27-18-8-4-3-7-17(18)24-20(25)10-21-23-14(12-30-21)11-28-22(26)16-13-29-19-9-5-2-6-15(16)19/h3-4,7-8,12-13H,2,5-6,9-11H2,1H3,(H,24,25). The number of thiazole rings is 1. The van der Waals surface area contributed by atoms with Crippen LogP contribution in [0.4, 0.5) is 5.69 Å². The van der Waals surface area contributed by atoms with Gasteiger partial charge < -0.3 is 14.8 Å². The van der Waals surface area contributed by atoms with Crippen LogP contribution in [0.25, 0.3) is 0 Å². The lowest BCUT2D eigenvalue weighted by Crippen LogP contribution is -2.15. The molecule has 0 saturated carbocycles. The van der Waals surface area contributed by atoms with Gasteiger partial charge in [-0.1, -0.05) is 12.1 Å². The highest BCUT2D eigenvalue weighted by Gasteiger charge is 2.21. The van der Waals surface area contributed by atoms with Gasteiger partial charge in [-0.15, -0.1) is 22.7 Å². The number of thiophene rings is 1. The van der Waals surface area contributed by atoms with Crippen LogP contribution in [0.15, 0.2) is 35.0 Å². The van der Waals surface area contributed by atoms with Gasteiger partial charge >= 0.3 is 5.97 Å². The fourth-order valence-corrected chi connectivity index (χ4v) is 5.35. The van der Waals surface area contributed by atoms with Gasteiger partial charge in [0.05, 0.1) is 30.5 Å². The normalized spacial score (nSPS) is 12.8. The average molecular weight is 443 g/mol. The van der Waals surface area contributed by atoms with Crippen molar-refractivity contribution in [3.63, 3.8) is 0 Å². The third kappa shape index (κ3) is 4.71. The number of anilines is 1. The molecule has 1 aliphatic carbocycles. The van der Waals surface area contributed by atoms with E-state index in [1.165, 1.54) is 22.6 Å². The van der Waals surface area contributed by atoms with Crippen LogP contribution in [0.1, 0.15) is 44.3 Å². The number of esters is 1. The van der Waals surface area contributed by atoms with E-state index in [0.717, 1.165) is 24.8 Å². The maximum Gasteiger partial charge on any atom is 0.339 e. The highest BCUT2D eigenvalue weighted by Crippen LogP contribution is 2.30. The molecule has 0 atom stereocenters. The van der Waals surface area contributed by atoms with Crippen molar-refractivity contribution in [1.82, 2.24) is 4.98 Å². The van der Waals surface area contributed by atoms with Gasteiger partial charge in [0.2, 0.25) is 5.91 Å². The van der Waals surface area contributed by atoms with Crippen LogP contribution in [0.5, 0.6) is 5.75 Å². The Balaban J connectivity index is 1.31. The third-order valence-corrected chi connectivity index (χ3v) is 6.91. The van der Waals surface area contributed by atoms with Crippen LogP contribution >= 0.6 is 22.7 Å². The first-order chi connectivity index (χ1) is 14.6. The SMILES string of the molecule is COc1ccccc1NC(=O)Cc1nc(COC(=O)c2csc3c2CCCC3)cs1. The molecule has 2 aromatic heterocycles. The van der Waals surface area contributed by atoms with Crippen LogP contribution in [0.2, 0.25) is 0 Å². The maximum atomic E-state index is 12.5. The van der Waals surface area contributed by atoms with Crippen LogP contribution in [-0.2, 0) is 35.4 Å². The maximum absolute atomic E-state index is 12.5. The number of hydrogen-bond acceptors (Lipinski definition) is 7. The Kier molecular flexibility index (Phi) is 6.44. The average Bonchev–Trinajstić information content (AvgIpc) is 3.39. The van der Waals surface area contributed by atoms with Crippen molar-refractivity contribution in [1.29, 1.82) is 0 Å². The van der Waals surface area contributed by atoms with Gasteiger partial charge in [0.1, 0.15) is 17.4 Å². The molecule has 0 fully saturated rings. The highest BCUT2D eigenvalue weighted by atomic mass is 32.1. The summed E-state index contributed by atoms with van der Waals surface area (Å²) in [4.78, 5) is 30.6. The van der Waals surface area contributed by atoms with E-state index in [-0.39, 0.29) is 24.9 Å². The summed E-state index contributed by atoms with van der Waals surface area (Å²) in [5, 5.41) is 7.23. The number of para-hydroxylation sites is 2. The van der Waals surface area contributed by atoms with E-state index in [2.05, 4.69) is 10.3 Å². The number of hydrogen-bond donors (Lipinski definition) is 1. The van der Waals surface area contributed by atoms with Crippen LogP contribution in [0, 0.1) is 0 Å². The molecule has 4 rings (SSSR count). The Morgan fingerprint density at radius 2 is 1.97 bits per heavy atom. The molecule has 8 heteroatoms. The second-order valence-corrected chi connectivity index (χ2v) is 8.90. The van der Waals surface area contributed by atoms with Gasteiger partial charge in [-0.05, 0) is 43.4 Å². The summed E-state index contributed by atoms with van der Waals surface area (Å²) >= 11 is 3.03. The highest BCUT2D eigenvalue weighted by molar-refractivity contribution is 7.10. The number of methoxy groups -OCH3 is 1. The van der Waals surface area contributed by atoms with Gasteiger partial charge in [-0.25, -0.2) is 9.78 Å². The first-order valence-electron chi connectivity index (χ1n) is 9.76. The summed E-state index contributed by atoms with van der Waals surface area (Å²) in [5.74, 6) is 0.133. The van der Waals surface area contributed by atoms with Crippen molar-refractivity contribution < 1.29 is 19.1 Å². The molecule has 1 aromatic carbocycles. The van der Waals surface area contributed by atoms with E-state index in [4.69, 9.17) is 9.47 Å². The van der Waals surface area contributed by atoms with E-state index in [0.29, 0.717) is 27.7 Å². The Labute approximate surface area is 182 Å². The van der Waals surface area contributed by atoms with E-state index in [1.807, 2.05) is 22.9 Å². The predicted molar refractivity (Wildman–Crippen MR) is 118 cm³/mol. The zero-order chi connectivity index (χ0) is 20.9. The molecule has 1 N–H and O–H groups in total. The fraction of sp³-hybridized carbons (Fsp3) is 0.318. The number of fused-ring (bicyclic) bond motifs is 1. The lowest BCUT2D eigenvalue weighted by atomic mass is 9.96. The Morgan fingerprint density at radius 1 is 1.13 bits per heavy atom. The number of carbonyl (C=O) groups excluding carboxylic acids is 2. The molecule has 30 heavy (non-hydrogen) atoms. The van der Waals surface area contributed by atoms with Gasteiger partial charge in [0.15, 0.2) is 0 Å². The number of ether oxygens (including phenoxy) is 2. The number of nitrogens with zero attached hydrogens (tertiary/aromatic N) is 1. The molecule has 1 amide bonds. The van der Waals surface area contributed by atoms with Gasteiger partial charge in [-0.2, -0.15) is 0 Å². The molecular weight excluding hydrogens is 420 g/mol. The first kappa shape index (κ1) is 20.6. The Bertz CT molecular complexity index is 1060. The quantitative estimate of drug-likeness (QED) is 0.540. The predicted octanol–water partition coefficient (Wildman–Crippen LogP) is 4.63. The molecule has 0 saturated heterocycles. The zero-order valence-electron chi connectivity index (χ0n) is 16.6. The third-order valence-electron chi connectivity index (χ3n) is 4.92. The van der Waals surface area contributed by atoms with Crippen molar-refractivity contribution >= 4 is 40.2 Å². The van der Waals surface area contributed by atoms with E-state index < -0.39 is 0 Å². The summed E-state index contributed by atoms with van der Waals surface area (Å²) < 4.78 is 10.7. The second-order valence-electron chi connectivity index (χ2n) is 6.99. The number of nitrogens with one attached hydrogen (secondary N) is 1. The Morgan fingerprint density at radius 3 is 2.83 bits per heavy atom. The smallest absolute Gasteiger partial charge is 0.339 e. The monoisotopic (exact) mass is 442 g/mol. The van der Waals surface area contributed by atoms with Crippen molar-refractivity contribution in [3.05, 3.63) is 61.7 Å². The molecule has 3 aromatic rings. The minimum atomic E-state index is -0.294. The van der Waals surface area contributed by atoms with E-state index in [1.54, 1.807) is 30.6 Å². The summed E-state index contributed by atoms with van der Waals surface area (Å²) in [6.07, 6.45) is 4.46. The summed E-state index contributed by atoms with van der Waals surface area (Å²) in [5.41, 5.74) is 3.12. The largest absolute Gasteiger partial charge is 0.495 e. The molecule has 0 aliphatic heterocycles. The molecule has 0 spiro atoms. The molecule has 0 radical (unpaired) electrons. The van der Waals surface area contributed by atoms with Crippen LogP contribution < -0.4 is 10.1 Å². The molecule has 1 aliphatic rings. The molecule has 156 valence electrons. The minimum absolute atomic E-state index is 0.105. The van der Waals surface area contributed by atoms with Crippen molar-refractivity contribution in [2.24, 2.45) is 0 Å². The van der Waals surface area contributed by atoms with Crippen molar-refractivity contribution in [2.45, 2.75) is 38.7 Å². The van der Waals surface area contributed by atoms with Gasteiger partial charge in [0, 0.05) is 15.6 Å². The number of amides is 1. The topological polar surface area (TPSA) is 77.5 Å². The van der Waals surface area contributed by atoms with Crippen LogP contribution in [0.3, 0.4) is 0 Å². The van der Waals surface area contributed by atoms with Crippen molar-refractivity contribution in [2.75, 3.05) is 12.4 Å². The lowest BCUT2D eigenvalue weighted by molar-refractivity contribution is -0.115. The molecule has 2 heterocycles. The van der Waals surface area contributed by atoms with E-state index >= 15 is 0 Å². The summed E-state index contributed by atoms with van der Waals surface area (Å²) in [6.45, 7) is 0.105. The molecular formula is C22H22N2O4S2. The fourth-order valence-electron chi connectivity index (χ4n) is 3.46. The molecule has 0 bridgehead atoms. The first-order valence-corrected chi connectivity index (χ1v) is 11.5. The number of aromatic nitrogens is 1. The second kappa shape index (κ2) is 9.40. The number of aryl methyl sites for hydroxylation is 1. The van der Waals surface area contributed by atoms with Gasteiger partial charge in [-0.3, -0.25) is 4.79 Å². The number of rotatable bonds is 7. The van der Waals surface area contributed by atoms with Crippen molar-refractivity contribution in [3.8, 4) is 5.75 Å². The molecule has 6 nitrogen and oxygen atoms in total. The number of benzene rings is 1. The minimum Gasteiger partial charge on any atom is -0.495 e. The van der Waals surface area contributed by atoms with Crippen LogP contribution in [-0.4, -0.2) is 24.0 Å². The zero-order valence-corrected chi connectivity index (χ0v) is 18.2. The Hall–Kier alpha value is -2.71. The molecule has 0 unspecified atom stereocenters. The summed E-state index contributed by atoms with van der Waals surface area (Å²) in [6, 6.07) is 7.25.